The van der Waals surface area contributed by atoms with Crippen LogP contribution in [0.5, 0.6) is 0 Å². The van der Waals surface area contributed by atoms with E-state index in [9.17, 15) is 13.2 Å². The quantitative estimate of drug-likeness (QED) is 0.711. The van der Waals surface area contributed by atoms with E-state index in [2.05, 4.69) is 25.5 Å². The maximum Gasteiger partial charge on any atom is 0.416 e. The summed E-state index contributed by atoms with van der Waals surface area (Å²) >= 11 is 0. The zero-order valence-electron chi connectivity index (χ0n) is 13.2. The van der Waals surface area contributed by atoms with E-state index >= 15 is 0 Å². The van der Waals surface area contributed by atoms with Gasteiger partial charge in [0.1, 0.15) is 0 Å². The number of alkyl halides is 3. The molecule has 25 heavy (non-hydrogen) atoms. The van der Waals surface area contributed by atoms with Crippen LogP contribution in [-0.4, -0.2) is 31.8 Å². The second-order valence-electron chi connectivity index (χ2n) is 6.04. The van der Waals surface area contributed by atoms with Crippen LogP contribution in [0.25, 0.3) is 5.65 Å². The zero-order chi connectivity index (χ0) is 17.4. The summed E-state index contributed by atoms with van der Waals surface area (Å²) in [6, 6.07) is 9.00. The van der Waals surface area contributed by atoms with Crippen molar-refractivity contribution in [1.29, 1.82) is 0 Å². The number of aromatic nitrogens is 5. The van der Waals surface area contributed by atoms with Crippen LogP contribution in [0.3, 0.4) is 0 Å². The van der Waals surface area contributed by atoms with Crippen molar-refractivity contribution in [2.75, 3.05) is 11.4 Å². The number of rotatable bonds is 2. The highest BCUT2D eigenvalue weighted by atomic mass is 19.4. The molecule has 1 saturated heterocycles. The predicted molar refractivity (Wildman–Crippen MR) is 84.0 cm³/mol. The molecule has 0 radical (unpaired) electrons. The number of anilines is 1. The van der Waals surface area contributed by atoms with Gasteiger partial charge in [-0.05, 0) is 59.5 Å². The molecule has 0 spiro atoms. The fraction of sp³-hybridized carbons (Fsp3) is 0.375. The average Bonchev–Trinajstić information content (AvgIpc) is 3.09. The van der Waals surface area contributed by atoms with Crippen LogP contribution in [0.1, 0.15) is 36.4 Å². The van der Waals surface area contributed by atoms with Crippen LogP contribution in [-0.2, 0) is 6.18 Å². The molecule has 3 heterocycles. The van der Waals surface area contributed by atoms with Gasteiger partial charge in [0.15, 0.2) is 11.5 Å². The minimum atomic E-state index is -4.32. The molecule has 4 rings (SSSR count). The first-order chi connectivity index (χ1) is 12.0. The Bertz CT molecular complexity index is 873. The molecule has 1 fully saturated rings. The zero-order valence-corrected chi connectivity index (χ0v) is 13.2. The van der Waals surface area contributed by atoms with Crippen molar-refractivity contribution in [2.45, 2.75) is 31.5 Å². The van der Waals surface area contributed by atoms with Gasteiger partial charge in [-0.3, -0.25) is 0 Å². The first-order valence-corrected chi connectivity index (χ1v) is 8.01. The Kier molecular flexibility index (Phi) is 3.78. The van der Waals surface area contributed by atoms with E-state index in [4.69, 9.17) is 0 Å². The Hall–Kier alpha value is -2.71. The Labute approximate surface area is 141 Å². The van der Waals surface area contributed by atoms with E-state index in [1.54, 1.807) is 18.2 Å². The Morgan fingerprint density at radius 3 is 2.56 bits per heavy atom. The molecular formula is C16H15F3N6. The smallest absolute Gasteiger partial charge is 0.348 e. The van der Waals surface area contributed by atoms with Crippen molar-refractivity contribution in [3.8, 4) is 0 Å². The molecule has 0 aliphatic carbocycles. The summed E-state index contributed by atoms with van der Waals surface area (Å²) in [5, 5.41) is 15.6. The highest BCUT2D eigenvalue weighted by Gasteiger charge is 2.31. The number of hydrogen-bond acceptors (Lipinski definition) is 5. The minimum absolute atomic E-state index is 0.0162. The molecule has 0 N–H and O–H groups in total. The van der Waals surface area contributed by atoms with Gasteiger partial charge in [0.2, 0.25) is 0 Å². The Balaban J connectivity index is 1.66. The van der Waals surface area contributed by atoms with Gasteiger partial charge in [-0.25, -0.2) is 0 Å². The monoisotopic (exact) mass is 348 g/mol. The summed E-state index contributed by atoms with van der Waals surface area (Å²) in [6.45, 7) is 0.784. The lowest BCUT2D eigenvalue weighted by atomic mass is 9.94. The van der Waals surface area contributed by atoms with E-state index in [0.29, 0.717) is 11.5 Å². The average molecular weight is 348 g/mol. The number of fused-ring (bicyclic) bond motifs is 1. The number of tetrazole rings is 1. The topological polar surface area (TPSA) is 59.2 Å². The third-order valence-corrected chi connectivity index (χ3v) is 4.48. The van der Waals surface area contributed by atoms with Gasteiger partial charge in [0.25, 0.3) is 0 Å². The van der Waals surface area contributed by atoms with Crippen molar-refractivity contribution >= 4 is 11.5 Å². The summed E-state index contributed by atoms with van der Waals surface area (Å²) in [4.78, 5) is 2.10. The van der Waals surface area contributed by atoms with E-state index in [0.717, 1.165) is 43.5 Å². The molecule has 0 amide bonds. The van der Waals surface area contributed by atoms with Gasteiger partial charge in [0, 0.05) is 6.54 Å². The third-order valence-electron chi connectivity index (χ3n) is 4.48. The normalized spacial score (nSPS) is 18.7. The third kappa shape index (κ3) is 3.01. The van der Waals surface area contributed by atoms with Gasteiger partial charge in [0.05, 0.1) is 11.6 Å². The Morgan fingerprint density at radius 2 is 1.80 bits per heavy atom. The number of halogens is 3. The highest BCUT2D eigenvalue weighted by Crippen LogP contribution is 2.36. The number of benzene rings is 1. The molecule has 3 aromatic rings. The second kappa shape index (κ2) is 5.98. The van der Waals surface area contributed by atoms with Crippen molar-refractivity contribution in [1.82, 2.24) is 25.3 Å². The minimum Gasteiger partial charge on any atom is -0.348 e. The van der Waals surface area contributed by atoms with Crippen molar-refractivity contribution < 1.29 is 13.2 Å². The summed E-state index contributed by atoms with van der Waals surface area (Å²) in [5.74, 6) is 0.712. The van der Waals surface area contributed by atoms with Crippen LogP contribution >= 0.6 is 0 Å². The molecule has 1 atom stereocenters. The molecule has 0 bridgehead atoms. The van der Waals surface area contributed by atoms with Gasteiger partial charge in [-0.2, -0.15) is 13.2 Å². The van der Waals surface area contributed by atoms with Crippen LogP contribution in [0.2, 0.25) is 0 Å². The predicted octanol–water partition coefficient (Wildman–Crippen LogP) is 3.27. The molecule has 130 valence electrons. The molecule has 1 aliphatic heterocycles. The maximum atomic E-state index is 12.8. The Morgan fingerprint density at radius 1 is 1.00 bits per heavy atom. The molecule has 9 heteroatoms. The van der Waals surface area contributed by atoms with Crippen molar-refractivity contribution in [3.63, 3.8) is 0 Å². The number of hydrogen-bond donors (Lipinski definition) is 0. The molecule has 0 unspecified atom stereocenters. The van der Waals surface area contributed by atoms with Crippen molar-refractivity contribution in [3.05, 3.63) is 47.5 Å². The highest BCUT2D eigenvalue weighted by molar-refractivity contribution is 5.47. The van der Waals surface area contributed by atoms with E-state index < -0.39 is 11.7 Å². The maximum absolute atomic E-state index is 12.8. The fourth-order valence-corrected chi connectivity index (χ4v) is 3.24. The summed E-state index contributed by atoms with van der Waals surface area (Å²) in [5.41, 5.74) is 0.769. The molecule has 2 aromatic heterocycles. The lowest BCUT2D eigenvalue weighted by Gasteiger charge is -2.36. The molecular weight excluding hydrogens is 333 g/mol. The van der Waals surface area contributed by atoms with E-state index in [1.807, 2.05) is 6.07 Å². The van der Waals surface area contributed by atoms with Crippen LogP contribution in [0, 0.1) is 0 Å². The molecule has 1 aliphatic rings. The first-order valence-electron chi connectivity index (χ1n) is 8.01. The standard InChI is InChI=1S/C16H15F3N6/c17-16(18,19)12-6-4-11(5-7-12)13-3-1-2-10-24(13)15-9-8-14-20-22-23-25(14)21-15/h4-9,13H,1-3,10H2/t13-/m0/s1. The summed E-state index contributed by atoms with van der Waals surface area (Å²) in [6.07, 6.45) is -1.43. The van der Waals surface area contributed by atoms with Crippen LogP contribution in [0.4, 0.5) is 19.0 Å². The van der Waals surface area contributed by atoms with Crippen LogP contribution < -0.4 is 4.90 Å². The van der Waals surface area contributed by atoms with Crippen LogP contribution in [0.15, 0.2) is 36.4 Å². The number of piperidine rings is 1. The van der Waals surface area contributed by atoms with E-state index in [-0.39, 0.29) is 6.04 Å². The molecule has 6 nitrogen and oxygen atoms in total. The molecule has 0 saturated carbocycles. The lowest BCUT2D eigenvalue weighted by molar-refractivity contribution is -0.137. The van der Waals surface area contributed by atoms with E-state index in [1.165, 1.54) is 4.63 Å². The summed E-state index contributed by atoms with van der Waals surface area (Å²) < 4.78 is 39.7. The first kappa shape index (κ1) is 15.8. The SMILES string of the molecule is FC(F)(F)c1ccc([C@@H]2CCCCN2c2ccc3nnnn3n2)cc1. The van der Waals surface area contributed by atoms with Crippen molar-refractivity contribution in [2.24, 2.45) is 0 Å². The van der Waals surface area contributed by atoms with Gasteiger partial charge < -0.3 is 4.90 Å². The fourth-order valence-electron chi connectivity index (χ4n) is 3.24. The van der Waals surface area contributed by atoms with Gasteiger partial charge in [-0.1, -0.05) is 12.1 Å². The molecule has 1 aromatic carbocycles. The lowest BCUT2D eigenvalue weighted by Crippen LogP contribution is -2.34. The summed E-state index contributed by atoms with van der Waals surface area (Å²) in [7, 11) is 0. The number of nitrogens with zero attached hydrogens (tertiary/aromatic N) is 6. The largest absolute Gasteiger partial charge is 0.416 e. The van der Waals surface area contributed by atoms with Gasteiger partial charge in [-0.15, -0.1) is 14.8 Å². The second-order valence-corrected chi connectivity index (χ2v) is 6.04. The van der Waals surface area contributed by atoms with Gasteiger partial charge >= 0.3 is 6.18 Å².